The van der Waals surface area contributed by atoms with E-state index >= 15 is 0 Å². The monoisotopic (exact) mass is 345 g/mol. The van der Waals surface area contributed by atoms with Crippen molar-refractivity contribution in [2.24, 2.45) is 5.73 Å². The van der Waals surface area contributed by atoms with Gasteiger partial charge in [-0.15, -0.1) is 11.3 Å². The minimum absolute atomic E-state index is 0.284. The van der Waals surface area contributed by atoms with Gasteiger partial charge in [-0.2, -0.15) is 0 Å². The molecule has 18 heavy (non-hydrogen) atoms. The van der Waals surface area contributed by atoms with E-state index in [0.29, 0.717) is 15.3 Å². The number of nitrogens with two attached hydrogens (primary N) is 1. The van der Waals surface area contributed by atoms with Crippen molar-refractivity contribution >= 4 is 50.5 Å². The molecule has 0 fully saturated rings. The second-order valence-electron chi connectivity index (χ2n) is 3.48. The van der Waals surface area contributed by atoms with Crippen LogP contribution in [0.4, 0.5) is 5.69 Å². The van der Waals surface area contributed by atoms with Gasteiger partial charge >= 0.3 is 0 Å². The fourth-order valence-corrected chi connectivity index (χ4v) is 2.48. The summed E-state index contributed by atoms with van der Waals surface area (Å²) >= 11 is 10.4. The quantitative estimate of drug-likeness (QED) is 0.839. The molecule has 0 saturated carbocycles. The molecule has 2 aromatic rings. The number of hydrogen-bond donors (Lipinski definition) is 2. The van der Waals surface area contributed by atoms with Crippen LogP contribution < -0.4 is 11.1 Å². The highest BCUT2D eigenvalue weighted by Gasteiger charge is 2.17. The molecule has 0 saturated heterocycles. The summed E-state index contributed by atoms with van der Waals surface area (Å²) in [6.45, 7) is 0. The summed E-state index contributed by atoms with van der Waals surface area (Å²) < 4.78 is 0.617. The zero-order valence-electron chi connectivity index (χ0n) is 9.06. The number of nitrogens with zero attached hydrogens (tertiary/aromatic N) is 1. The van der Waals surface area contributed by atoms with Gasteiger partial charge in [0.05, 0.1) is 16.4 Å². The topological polar surface area (TPSA) is 68.0 Å². The average molecular weight is 347 g/mol. The normalized spacial score (nSPS) is 12.2. The van der Waals surface area contributed by atoms with Gasteiger partial charge in [-0.05, 0) is 33.4 Å². The first-order valence-corrected chi connectivity index (χ1v) is 7.04. The minimum atomic E-state index is -0.681. The van der Waals surface area contributed by atoms with Gasteiger partial charge in [0.2, 0.25) is 5.91 Å². The van der Waals surface area contributed by atoms with Crippen molar-refractivity contribution in [3.63, 3.8) is 0 Å². The molecule has 1 unspecified atom stereocenters. The molecule has 4 nitrogen and oxygen atoms in total. The smallest absolute Gasteiger partial charge is 0.246 e. The van der Waals surface area contributed by atoms with E-state index < -0.39 is 6.04 Å². The van der Waals surface area contributed by atoms with E-state index in [0.717, 1.165) is 4.88 Å². The van der Waals surface area contributed by atoms with E-state index in [1.54, 1.807) is 6.07 Å². The van der Waals surface area contributed by atoms with Crippen molar-refractivity contribution in [2.75, 3.05) is 5.32 Å². The molecule has 0 aliphatic carbocycles. The Labute approximate surface area is 121 Å². The molecule has 2 heterocycles. The van der Waals surface area contributed by atoms with Crippen LogP contribution in [0, 0.1) is 0 Å². The van der Waals surface area contributed by atoms with Gasteiger partial charge in [-0.1, -0.05) is 17.7 Å². The van der Waals surface area contributed by atoms with Crippen LogP contribution in [0.2, 0.25) is 5.15 Å². The van der Waals surface area contributed by atoms with Crippen molar-refractivity contribution < 1.29 is 4.79 Å². The first-order valence-electron chi connectivity index (χ1n) is 4.99. The second kappa shape index (κ2) is 5.79. The lowest BCUT2D eigenvalue weighted by molar-refractivity contribution is -0.117. The molecular weight excluding hydrogens is 338 g/mol. The molecule has 0 aromatic carbocycles. The maximum Gasteiger partial charge on any atom is 0.246 e. The Morgan fingerprint density at radius 2 is 2.39 bits per heavy atom. The highest BCUT2D eigenvalue weighted by Crippen LogP contribution is 2.24. The van der Waals surface area contributed by atoms with Crippen molar-refractivity contribution in [3.8, 4) is 0 Å². The maximum atomic E-state index is 11.9. The van der Waals surface area contributed by atoms with E-state index in [9.17, 15) is 4.79 Å². The molecule has 3 N–H and O–H groups in total. The van der Waals surface area contributed by atoms with Crippen LogP contribution in [0.15, 0.2) is 34.2 Å². The summed E-state index contributed by atoms with van der Waals surface area (Å²) in [6, 6.07) is 4.67. The molecule has 94 valence electrons. The molecule has 0 aliphatic heterocycles. The van der Waals surface area contributed by atoms with Crippen molar-refractivity contribution in [1.82, 2.24) is 4.98 Å². The fourth-order valence-electron chi connectivity index (χ4n) is 1.31. The molecule has 0 radical (unpaired) electrons. The maximum absolute atomic E-state index is 11.9. The Hall–Kier alpha value is -0.950. The highest BCUT2D eigenvalue weighted by molar-refractivity contribution is 9.10. The average Bonchev–Trinajstić information content (AvgIpc) is 2.86. The number of carbonyl (C=O) groups excluding carboxylic acids is 1. The highest BCUT2D eigenvalue weighted by atomic mass is 79.9. The molecule has 7 heteroatoms. The molecule has 0 spiro atoms. The number of nitrogens with one attached hydrogen (secondary N) is 1. The van der Waals surface area contributed by atoms with Gasteiger partial charge in [-0.25, -0.2) is 4.98 Å². The first kappa shape index (κ1) is 13.5. The Bertz CT molecular complexity index is 561. The number of pyridine rings is 1. The van der Waals surface area contributed by atoms with Crippen LogP contribution >= 0.6 is 38.9 Å². The van der Waals surface area contributed by atoms with Crippen molar-refractivity contribution in [3.05, 3.63) is 44.3 Å². The first-order chi connectivity index (χ1) is 8.58. The number of rotatable bonds is 3. The van der Waals surface area contributed by atoms with Crippen molar-refractivity contribution in [2.45, 2.75) is 6.04 Å². The summed E-state index contributed by atoms with van der Waals surface area (Å²) in [5.74, 6) is -0.284. The third-order valence-corrected chi connectivity index (χ3v) is 4.29. The third-order valence-electron chi connectivity index (χ3n) is 2.20. The minimum Gasteiger partial charge on any atom is -0.323 e. The zero-order valence-corrected chi connectivity index (χ0v) is 12.2. The molecule has 1 atom stereocenters. The van der Waals surface area contributed by atoms with Gasteiger partial charge < -0.3 is 11.1 Å². The van der Waals surface area contributed by atoms with Gasteiger partial charge in [0.15, 0.2) is 0 Å². The molecule has 2 aromatic heterocycles. The lowest BCUT2D eigenvalue weighted by atomic mass is 10.2. The third kappa shape index (κ3) is 3.08. The van der Waals surface area contributed by atoms with Crippen LogP contribution in [-0.2, 0) is 4.79 Å². The van der Waals surface area contributed by atoms with E-state index in [1.165, 1.54) is 17.5 Å². The largest absolute Gasteiger partial charge is 0.323 e. The summed E-state index contributed by atoms with van der Waals surface area (Å²) in [5, 5.41) is 4.91. The number of thiophene rings is 1. The Balaban J connectivity index is 2.09. The van der Waals surface area contributed by atoms with E-state index in [-0.39, 0.29) is 5.91 Å². The van der Waals surface area contributed by atoms with E-state index in [4.69, 9.17) is 17.3 Å². The van der Waals surface area contributed by atoms with Gasteiger partial charge in [0, 0.05) is 4.88 Å². The number of amides is 1. The molecule has 1 amide bonds. The molecule has 0 aliphatic rings. The Morgan fingerprint density at radius 3 is 3.00 bits per heavy atom. The molecular formula is C11H9BrClN3OS. The SMILES string of the molecule is NC(C(=O)Nc1cnc(Cl)c(Br)c1)c1cccs1. The standard InChI is InChI=1S/C11H9BrClN3OS/c12-7-4-6(5-15-10(7)13)16-11(17)9(14)8-2-1-3-18-8/h1-5,9H,14H2,(H,16,17). The fraction of sp³-hybridized carbons (Fsp3) is 0.0909. The van der Waals surface area contributed by atoms with Gasteiger partial charge in [-0.3, -0.25) is 4.79 Å². The van der Waals surface area contributed by atoms with Crippen LogP contribution in [0.1, 0.15) is 10.9 Å². The summed E-state index contributed by atoms with van der Waals surface area (Å²) in [5.41, 5.74) is 6.38. The van der Waals surface area contributed by atoms with Crippen LogP contribution in [0.3, 0.4) is 0 Å². The lowest BCUT2D eigenvalue weighted by Crippen LogP contribution is -2.27. The molecule has 0 bridgehead atoms. The van der Waals surface area contributed by atoms with Gasteiger partial charge in [0.1, 0.15) is 11.2 Å². The van der Waals surface area contributed by atoms with Crippen LogP contribution in [0.25, 0.3) is 0 Å². The van der Waals surface area contributed by atoms with E-state index in [2.05, 4.69) is 26.2 Å². The predicted octanol–water partition coefficient (Wildman–Crippen LogP) is 3.20. The van der Waals surface area contributed by atoms with Gasteiger partial charge in [0.25, 0.3) is 0 Å². The Kier molecular flexibility index (Phi) is 4.34. The molecule has 2 rings (SSSR count). The number of anilines is 1. The summed E-state index contributed by atoms with van der Waals surface area (Å²) in [6.07, 6.45) is 1.48. The summed E-state index contributed by atoms with van der Waals surface area (Å²) in [4.78, 5) is 16.6. The summed E-state index contributed by atoms with van der Waals surface area (Å²) in [7, 11) is 0. The number of aromatic nitrogens is 1. The number of carbonyl (C=O) groups is 1. The lowest BCUT2D eigenvalue weighted by Gasteiger charge is -2.10. The van der Waals surface area contributed by atoms with E-state index in [1.807, 2.05) is 17.5 Å². The van der Waals surface area contributed by atoms with Crippen LogP contribution in [-0.4, -0.2) is 10.9 Å². The predicted molar refractivity (Wildman–Crippen MR) is 76.8 cm³/mol. The zero-order chi connectivity index (χ0) is 13.1. The number of hydrogen-bond acceptors (Lipinski definition) is 4. The second-order valence-corrected chi connectivity index (χ2v) is 5.67. The van der Waals surface area contributed by atoms with Crippen molar-refractivity contribution in [1.29, 1.82) is 0 Å². The Morgan fingerprint density at radius 1 is 1.61 bits per heavy atom. The van der Waals surface area contributed by atoms with Crippen LogP contribution in [0.5, 0.6) is 0 Å². The number of halogens is 2.